The summed E-state index contributed by atoms with van der Waals surface area (Å²) in [6.07, 6.45) is 0. The molecule has 1 aromatic carbocycles. The van der Waals surface area contributed by atoms with Crippen LogP contribution in [0.1, 0.15) is 0 Å². The van der Waals surface area contributed by atoms with Gasteiger partial charge >= 0.3 is 0 Å². The molecule has 84 valence electrons. The number of nitrogens with one attached hydrogen (secondary N) is 2. The summed E-state index contributed by atoms with van der Waals surface area (Å²) in [4.78, 5) is 22.1. The maximum Gasteiger partial charge on any atom is 0.273 e. The van der Waals surface area contributed by atoms with Crippen LogP contribution in [0.3, 0.4) is 0 Å². The highest BCUT2D eigenvalue weighted by molar-refractivity contribution is 5.81. The van der Waals surface area contributed by atoms with Crippen LogP contribution in [0.25, 0.3) is 10.8 Å². The zero-order chi connectivity index (χ0) is 12.0. The Morgan fingerprint density at radius 3 is 1.25 bits per heavy atom. The lowest BCUT2D eigenvalue weighted by atomic mass is 10.1. The zero-order valence-electron chi connectivity index (χ0n) is 7.33. The van der Waals surface area contributed by atoms with Gasteiger partial charge < -0.3 is 0 Å². The van der Waals surface area contributed by atoms with Crippen LogP contribution in [0.2, 0.25) is 0 Å². The highest BCUT2D eigenvalue weighted by Gasteiger charge is 2.24. The number of hydrogen-bond acceptors (Lipinski definition) is 2. The summed E-state index contributed by atoms with van der Waals surface area (Å²) in [5.74, 6) is -8.08. The number of fused-ring (bicyclic) bond motifs is 1. The molecule has 0 bridgehead atoms. The van der Waals surface area contributed by atoms with Crippen LogP contribution in [0.5, 0.6) is 0 Å². The lowest BCUT2D eigenvalue weighted by Crippen LogP contribution is -2.22. The Bertz CT molecular complexity index is 643. The van der Waals surface area contributed by atoms with Crippen LogP contribution in [-0.2, 0) is 0 Å². The van der Waals surface area contributed by atoms with Crippen molar-refractivity contribution < 1.29 is 17.6 Å². The molecule has 0 saturated carbocycles. The van der Waals surface area contributed by atoms with Crippen LogP contribution in [0.4, 0.5) is 17.6 Å². The average Bonchev–Trinajstić information content (AvgIpc) is 2.26. The molecule has 0 saturated heterocycles. The first kappa shape index (κ1) is 10.4. The average molecular weight is 234 g/mol. The monoisotopic (exact) mass is 234 g/mol. The van der Waals surface area contributed by atoms with Gasteiger partial charge in [-0.1, -0.05) is 0 Å². The van der Waals surface area contributed by atoms with Crippen molar-refractivity contribution in [2.45, 2.75) is 0 Å². The van der Waals surface area contributed by atoms with E-state index in [-0.39, 0.29) is 0 Å². The van der Waals surface area contributed by atoms with E-state index in [9.17, 15) is 27.2 Å². The first-order valence-corrected chi connectivity index (χ1v) is 3.91. The number of halogens is 4. The smallest absolute Gasteiger partial charge is 0.267 e. The number of hydrogen-bond donors (Lipinski definition) is 2. The molecular weight excluding hydrogens is 232 g/mol. The summed E-state index contributed by atoms with van der Waals surface area (Å²) in [6, 6.07) is 0. The number of rotatable bonds is 0. The molecule has 0 aliphatic rings. The van der Waals surface area contributed by atoms with Gasteiger partial charge in [-0.25, -0.2) is 17.6 Å². The van der Waals surface area contributed by atoms with E-state index in [1.807, 2.05) is 0 Å². The van der Waals surface area contributed by atoms with Crippen molar-refractivity contribution in [1.82, 2.24) is 10.2 Å². The summed E-state index contributed by atoms with van der Waals surface area (Å²) >= 11 is 0. The molecule has 0 unspecified atom stereocenters. The van der Waals surface area contributed by atoms with Gasteiger partial charge in [0.1, 0.15) is 0 Å². The molecule has 0 fully saturated rings. The van der Waals surface area contributed by atoms with Crippen LogP contribution in [-0.4, -0.2) is 10.2 Å². The standard InChI is InChI=1S/C8H2F4N2O2/c9-3-1-2(4(10)6(12)5(3)11)8(16)14-13-7(1)15/h(H,13,15)(H,14,16). The van der Waals surface area contributed by atoms with E-state index in [1.54, 1.807) is 10.2 Å². The van der Waals surface area contributed by atoms with Gasteiger partial charge in [0.15, 0.2) is 23.3 Å². The van der Waals surface area contributed by atoms with Crippen LogP contribution in [0, 0.1) is 23.3 Å². The lowest BCUT2D eigenvalue weighted by Gasteiger charge is -2.02. The van der Waals surface area contributed by atoms with Crippen molar-refractivity contribution in [3.8, 4) is 0 Å². The highest BCUT2D eigenvalue weighted by atomic mass is 19.2. The molecular formula is C8H2F4N2O2. The fourth-order valence-corrected chi connectivity index (χ4v) is 1.30. The lowest BCUT2D eigenvalue weighted by molar-refractivity contribution is 0.417. The number of aromatic amines is 2. The Morgan fingerprint density at radius 2 is 0.938 bits per heavy atom. The third-order valence-corrected chi connectivity index (χ3v) is 2.01. The second-order valence-electron chi connectivity index (χ2n) is 2.91. The number of benzene rings is 1. The molecule has 0 aliphatic heterocycles. The molecule has 8 heteroatoms. The third-order valence-electron chi connectivity index (χ3n) is 2.01. The normalized spacial score (nSPS) is 11.0. The Balaban J connectivity index is 3.28. The molecule has 0 amide bonds. The van der Waals surface area contributed by atoms with Gasteiger partial charge in [-0.3, -0.25) is 19.8 Å². The van der Waals surface area contributed by atoms with E-state index in [4.69, 9.17) is 0 Å². The Labute approximate surface area is 83.5 Å². The molecule has 1 heterocycles. The first-order valence-electron chi connectivity index (χ1n) is 3.91. The SMILES string of the molecule is O=c1[nH][nH]c(=O)c2c(F)c(F)c(F)c(F)c12. The van der Waals surface area contributed by atoms with E-state index in [1.165, 1.54) is 0 Å². The van der Waals surface area contributed by atoms with E-state index in [2.05, 4.69) is 0 Å². The summed E-state index contributed by atoms with van der Waals surface area (Å²) in [6.45, 7) is 0. The van der Waals surface area contributed by atoms with E-state index in [0.29, 0.717) is 0 Å². The molecule has 0 radical (unpaired) electrons. The van der Waals surface area contributed by atoms with Gasteiger partial charge in [0, 0.05) is 0 Å². The van der Waals surface area contributed by atoms with Gasteiger partial charge in [0.25, 0.3) is 11.1 Å². The zero-order valence-corrected chi connectivity index (χ0v) is 7.33. The van der Waals surface area contributed by atoms with Crippen molar-refractivity contribution in [2.24, 2.45) is 0 Å². The van der Waals surface area contributed by atoms with Crippen LogP contribution >= 0.6 is 0 Å². The summed E-state index contributed by atoms with van der Waals surface area (Å²) in [5.41, 5.74) is -2.52. The van der Waals surface area contributed by atoms with Crippen molar-refractivity contribution in [2.75, 3.05) is 0 Å². The van der Waals surface area contributed by atoms with E-state index < -0.39 is 45.2 Å². The van der Waals surface area contributed by atoms with Gasteiger partial charge in [-0.2, -0.15) is 0 Å². The highest BCUT2D eigenvalue weighted by Crippen LogP contribution is 2.21. The van der Waals surface area contributed by atoms with E-state index >= 15 is 0 Å². The van der Waals surface area contributed by atoms with Gasteiger partial charge in [-0.05, 0) is 0 Å². The molecule has 0 aliphatic carbocycles. The maximum absolute atomic E-state index is 13.1. The van der Waals surface area contributed by atoms with Crippen LogP contribution in [0.15, 0.2) is 9.59 Å². The molecule has 2 aromatic rings. The number of aromatic nitrogens is 2. The largest absolute Gasteiger partial charge is 0.273 e. The molecule has 16 heavy (non-hydrogen) atoms. The van der Waals surface area contributed by atoms with E-state index in [0.717, 1.165) is 0 Å². The second kappa shape index (κ2) is 3.19. The van der Waals surface area contributed by atoms with Crippen LogP contribution < -0.4 is 11.1 Å². The Kier molecular flexibility index (Phi) is 2.07. The quantitative estimate of drug-likeness (QED) is 0.401. The van der Waals surface area contributed by atoms with Gasteiger partial charge in [-0.15, -0.1) is 0 Å². The minimum absolute atomic E-state index is 1.15. The molecule has 2 N–H and O–H groups in total. The predicted octanol–water partition coefficient (Wildman–Crippen LogP) is 0.773. The van der Waals surface area contributed by atoms with Crippen molar-refractivity contribution in [3.63, 3.8) is 0 Å². The Hall–Kier alpha value is -2.12. The molecule has 0 atom stereocenters. The molecule has 1 aromatic heterocycles. The summed E-state index contributed by atoms with van der Waals surface area (Å²) in [5, 5.41) is 1.03. The van der Waals surface area contributed by atoms with Gasteiger partial charge in [0.05, 0.1) is 10.8 Å². The fraction of sp³-hybridized carbons (Fsp3) is 0. The minimum Gasteiger partial charge on any atom is -0.267 e. The van der Waals surface area contributed by atoms with Gasteiger partial charge in [0.2, 0.25) is 0 Å². The molecule has 4 nitrogen and oxygen atoms in total. The topological polar surface area (TPSA) is 65.7 Å². The molecule has 2 rings (SSSR count). The summed E-state index contributed by atoms with van der Waals surface area (Å²) in [7, 11) is 0. The van der Waals surface area contributed by atoms with Crippen molar-refractivity contribution >= 4 is 10.8 Å². The minimum atomic E-state index is -2.14. The first-order chi connectivity index (χ1) is 7.45. The Morgan fingerprint density at radius 1 is 0.625 bits per heavy atom. The number of H-pyrrole nitrogens is 2. The molecule has 0 spiro atoms. The second-order valence-corrected chi connectivity index (χ2v) is 2.91. The predicted molar refractivity (Wildman–Crippen MR) is 45.0 cm³/mol. The van der Waals surface area contributed by atoms with Crippen molar-refractivity contribution in [1.29, 1.82) is 0 Å². The summed E-state index contributed by atoms with van der Waals surface area (Å²) < 4.78 is 51.8. The fourth-order valence-electron chi connectivity index (χ4n) is 1.30. The third kappa shape index (κ3) is 1.16. The maximum atomic E-state index is 13.1. The van der Waals surface area contributed by atoms with Crippen molar-refractivity contribution in [3.05, 3.63) is 44.0 Å².